The molecule has 5 heteroatoms. The summed E-state index contributed by atoms with van der Waals surface area (Å²) in [5.41, 5.74) is 5.79. The number of rotatable bonds is 0. The summed E-state index contributed by atoms with van der Waals surface area (Å²) >= 11 is 1.39. The van der Waals surface area contributed by atoms with E-state index in [4.69, 9.17) is 4.84 Å². The van der Waals surface area contributed by atoms with E-state index in [0.29, 0.717) is 0 Å². The summed E-state index contributed by atoms with van der Waals surface area (Å²) in [6.45, 7) is 0. The summed E-state index contributed by atoms with van der Waals surface area (Å²) < 4.78 is 4.99. The van der Waals surface area contributed by atoms with Crippen molar-refractivity contribution in [3.63, 3.8) is 0 Å². The topological polar surface area (TPSA) is 47.0 Å². The molecule has 3 rings (SSSR count). The molecule has 0 atom stereocenters. The number of nitrogens with zero attached hydrogens (tertiary/aromatic N) is 2. The monoisotopic (exact) mass is 191 g/mol. The Bertz CT molecular complexity index is 491. The molecule has 0 fully saturated rings. The molecule has 4 nitrogen and oxygen atoms in total. The first-order valence-corrected chi connectivity index (χ1v) is 4.56. The quantitative estimate of drug-likeness (QED) is 0.692. The summed E-state index contributed by atoms with van der Waals surface area (Å²) in [5.74, 6) is 0. The molecule has 0 saturated heterocycles. The van der Waals surface area contributed by atoms with Crippen molar-refractivity contribution in [3.05, 3.63) is 24.0 Å². The van der Waals surface area contributed by atoms with Crippen molar-refractivity contribution >= 4 is 33.5 Å². The average Bonchev–Trinajstić information content (AvgIpc) is 2.65. The Morgan fingerprint density at radius 1 is 1.38 bits per heavy atom. The second-order valence-corrected chi connectivity index (χ2v) is 3.42. The van der Waals surface area contributed by atoms with E-state index in [0.717, 1.165) is 21.5 Å². The maximum absolute atomic E-state index is 4.95. The molecular weight excluding hydrogens is 186 g/mol. The first-order valence-electron chi connectivity index (χ1n) is 3.78. The molecule has 2 aromatic rings. The Labute approximate surface area is 78.0 Å². The predicted octanol–water partition coefficient (Wildman–Crippen LogP) is 2.02. The van der Waals surface area contributed by atoms with Crippen LogP contribution in [0.1, 0.15) is 5.56 Å². The van der Waals surface area contributed by atoms with Gasteiger partial charge >= 0.3 is 0 Å². The highest BCUT2D eigenvalue weighted by molar-refractivity contribution is 7.13. The van der Waals surface area contributed by atoms with Crippen molar-refractivity contribution in [2.45, 2.75) is 0 Å². The lowest BCUT2D eigenvalue weighted by atomic mass is 10.1. The molecule has 13 heavy (non-hydrogen) atoms. The van der Waals surface area contributed by atoms with E-state index in [-0.39, 0.29) is 0 Å². The molecular formula is C8H5N3OS. The summed E-state index contributed by atoms with van der Waals surface area (Å²) in [6.07, 6.45) is 3.52. The first-order chi connectivity index (χ1) is 6.45. The van der Waals surface area contributed by atoms with Gasteiger partial charge in [0, 0.05) is 5.56 Å². The van der Waals surface area contributed by atoms with E-state index in [2.05, 4.69) is 15.1 Å². The van der Waals surface area contributed by atoms with Crippen molar-refractivity contribution in [1.29, 1.82) is 0 Å². The molecule has 64 valence electrons. The summed E-state index contributed by atoms with van der Waals surface area (Å²) in [7, 11) is 0. The van der Waals surface area contributed by atoms with Crippen LogP contribution in [-0.4, -0.2) is 9.59 Å². The molecule has 0 spiro atoms. The number of hydrogen-bond acceptors (Lipinski definition) is 5. The van der Waals surface area contributed by atoms with E-state index >= 15 is 0 Å². The molecule has 0 bridgehead atoms. The number of hydrogen-bond donors (Lipinski definition) is 1. The van der Waals surface area contributed by atoms with Crippen molar-refractivity contribution in [2.24, 2.45) is 0 Å². The van der Waals surface area contributed by atoms with Gasteiger partial charge in [-0.2, -0.15) is 0 Å². The summed E-state index contributed by atoms with van der Waals surface area (Å²) in [4.78, 5) is 4.95. The molecule has 0 saturated carbocycles. The largest absolute Gasteiger partial charge is 0.390 e. The minimum Gasteiger partial charge on any atom is -0.390 e. The summed E-state index contributed by atoms with van der Waals surface area (Å²) in [5, 5.41) is 3.99. The Morgan fingerprint density at radius 3 is 3.38 bits per heavy atom. The number of fused-ring (bicyclic) bond motifs is 3. The Morgan fingerprint density at radius 2 is 2.38 bits per heavy atom. The highest BCUT2D eigenvalue weighted by Gasteiger charge is 2.10. The van der Waals surface area contributed by atoms with Gasteiger partial charge in [0.05, 0.1) is 10.4 Å². The molecule has 1 aliphatic rings. The third-order valence-electron chi connectivity index (χ3n) is 1.93. The van der Waals surface area contributed by atoms with E-state index in [9.17, 15) is 0 Å². The molecule has 1 aromatic heterocycles. The van der Waals surface area contributed by atoms with Crippen LogP contribution >= 0.6 is 11.5 Å². The van der Waals surface area contributed by atoms with Crippen LogP contribution in [0.3, 0.4) is 0 Å². The number of anilines is 1. The van der Waals surface area contributed by atoms with Crippen LogP contribution in [0, 0.1) is 0 Å². The van der Waals surface area contributed by atoms with Gasteiger partial charge in [0.25, 0.3) is 0 Å². The second-order valence-electron chi connectivity index (χ2n) is 2.67. The molecule has 1 N–H and O–H groups in total. The van der Waals surface area contributed by atoms with Crippen molar-refractivity contribution < 1.29 is 4.84 Å². The van der Waals surface area contributed by atoms with Crippen LogP contribution in [0.4, 0.5) is 5.69 Å². The minimum atomic E-state index is 0.928. The lowest BCUT2D eigenvalue weighted by molar-refractivity contribution is 0.329. The van der Waals surface area contributed by atoms with Crippen LogP contribution < -0.4 is 5.48 Å². The van der Waals surface area contributed by atoms with Gasteiger partial charge in [-0.05, 0) is 29.7 Å². The Balaban J connectivity index is 2.43. The molecule has 1 aliphatic heterocycles. The number of nitrogens with one attached hydrogen (secondary N) is 1. The lowest BCUT2D eigenvalue weighted by Crippen LogP contribution is -2.01. The van der Waals surface area contributed by atoms with E-state index in [1.54, 1.807) is 6.26 Å². The highest BCUT2D eigenvalue weighted by Crippen LogP contribution is 2.30. The van der Waals surface area contributed by atoms with Gasteiger partial charge in [-0.3, -0.25) is 0 Å². The fourth-order valence-corrected chi connectivity index (χ4v) is 2.01. The Kier molecular flexibility index (Phi) is 1.28. The predicted molar refractivity (Wildman–Crippen MR) is 51.2 cm³/mol. The Hall–Kier alpha value is -1.62. The van der Waals surface area contributed by atoms with Crippen LogP contribution in [0.25, 0.3) is 16.3 Å². The zero-order valence-corrected chi connectivity index (χ0v) is 7.34. The van der Waals surface area contributed by atoms with Crippen LogP contribution in [0.2, 0.25) is 0 Å². The van der Waals surface area contributed by atoms with Crippen molar-refractivity contribution in [3.8, 4) is 0 Å². The average molecular weight is 191 g/mol. The van der Waals surface area contributed by atoms with Crippen LogP contribution in [0.15, 0.2) is 18.4 Å². The second kappa shape index (κ2) is 2.43. The molecule has 0 amide bonds. The van der Waals surface area contributed by atoms with E-state index in [1.807, 2.05) is 18.2 Å². The number of aromatic nitrogens is 2. The number of benzene rings is 1. The van der Waals surface area contributed by atoms with Crippen LogP contribution in [0.5, 0.6) is 0 Å². The third kappa shape index (κ3) is 0.905. The van der Waals surface area contributed by atoms with Gasteiger partial charge in [0.1, 0.15) is 11.8 Å². The van der Waals surface area contributed by atoms with E-state index in [1.165, 1.54) is 11.5 Å². The fourth-order valence-electron chi connectivity index (χ4n) is 1.32. The lowest BCUT2D eigenvalue weighted by Gasteiger charge is -2.12. The van der Waals surface area contributed by atoms with Crippen LogP contribution in [-0.2, 0) is 4.84 Å². The standard InChI is InChI=1S/C8H5N3OS/c1-2-7-8(13-11-9-7)5-3-4-12-10-6(1)5/h1-4,10H. The maximum Gasteiger partial charge on any atom is 0.119 e. The van der Waals surface area contributed by atoms with Gasteiger partial charge in [-0.15, -0.1) is 5.10 Å². The van der Waals surface area contributed by atoms with Gasteiger partial charge in [-0.1, -0.05) is 4.49 Å². The molecule has 2 heterocycles. The minimum absolute atomic E-state index is 0.928. The maximum atomic E-state index is 4.95. The fraction of sp³-hybridized carbons (Fsp3) is 0. The van der Waals surface area contributed by atoms with Gasteiger partial charge < -0.3 is 4.84 Å². The molecule has 0 aliphatic carbocycles. The van der Waals surface area contributed by atoms with Gasteiger partial charge in [-0.25, -0.2) is 5.48 Å². The highest BCUT2D eigenvalue weighted by atomic mass is 32.1. The smallest absolute Gasteiger partial charge is 0.119 e. The molecule has 0 unspecified atom stereocenters. The zero-order chi connectivity index (χ0) is 8.67. The first kappa shape index (κ1) is 6.85. The van der Waals surface area contributed by atoms with Gasteiger partial charge in [0.2, 0.25) is 0 Å². The SMILES string of the molecule is C1=Cc2c(ccc3nnsc23)NO1. The summed E-state index contributed by atoms with van der Waals surface area (Å²) in [6, 6.07) is 3.86. The van der Waals surface area contributed by atoms with Crippen molar-refractivity contribution in [2.75, 3.05) is 5.48 Å². The zero-order valence-electron chi connectivity index (χ0n) is 6.52. The molecule has 1 aromatic carbocycles. The van der Waals surface area contributed by atoms with Gasteiger partial charge in [0.15, 0.2) is 0 Å². The normalized spacial score (nSPS) is 13.5. The van der Waals surface area contributed by atoms with E-state index < -0.39 is 0 Å². The third-order valence-corrected chi connectivity index (χ3v) is 2.70. The molecule has 0 radical (unpaired) electrons. The van der Waals surface area contributed by atoms with Crippen molar-refractivity contribution in [1.82, 2.24) is 9.59 Å².